The highest BCUT2D eigenvalue weighted by Crippen LogP contribution is 2.39. The molecule has 2 heterocycles. The molecule has 10 rings (SSSR count). The van der Waals surface area contributed by atoms with E-state index in [1.54, 1.807) is 0 Å². The summed E-state index contributed by atoms with van der Waals surface area (Å²) in [6.45, 7) is 0. The van der Waals surface area contributed by atoms with E-state index in [1.165, 1.54) is 27.5 Å². The van der Waals surface area contributed by atoms with Crippen molar-refractivity contribution in [3.63, 3.8) is 0 Å². The maximum atomic E-state index is 6.44. The summed E-state index contributed by atoms with van der Waals surface area (Å²) in [4.78, 5) is 10.7. The number of benzene rings is 8. The molecule has 1 atom stereocenters. The van der Waals surface area contributed by atoms with E-state index >= 15 is 0 Å². The molecule has 0 aliphatic carbocycles. The first kappa shape index (κ1) is 30.8. The lowest BCUT2D eigenvalue weighted by Gasteiger charge is -2.25. The van der Waals surface area contributed by atoms with Crippen molar-refractivity contribution in [2.45, 2.75) is 6.17 Å². The Morgan fingerprint density at radius 2 is 1.04 bits per heavy atom. The van der Waals surface area contributed by atoms with Crippen molar-refractivity contribution in [2.24, 2.45) is 9.98 Å². The van der Waals surface area contributed by atoms with E-state index in [-0.39, 0.29) is 6.17 Å². The summed E-state index contributed by atoms with van der Waals surface area (Å²) in [5.74, 6) is 1.43. The maximum Gasteiger partial charge on any atom is 0.160 e. The number of hydrogen-bond acceptors (Lipinski definition) is 4. The van der Waals surface area contributed by atoms with Crippen LogP contribution in [0.15, 0.2) is 202 Å². The molecule has 9 aromatic rings. The van der Waals surface area contributed by atoms with Gasteiger partial charge in [-0.1, -0.05) is 164 Å². The Morgan fingerprint density at radius 3 is 1.77 bits per heavy atom. The Labute approximate surface area is 307 Å². The first-order valence-electron chi connectivity index (χ1n) is 17.9. The lowest BCUT2D eigenvalue weighted by molar-refractivity contribution is 0.668. The summed E-state index contributed by atoms with van der Waals surface area (Å²) in [6, 6.07) is 65.8. The molecule has 1 aliphatic heterocycles. The highest BCUT2D eigenvalue weighted by atomic mass is 16.3. The minimum absolute atomic E-state index is 0.370. The molecule has 0 saturated carbocycles. The fourth-order valence-corrected chi connectivity index (χ4v) is 7.46. The average Bonchev–Trinajstić information content (AvgIpc) is 3.63. The summed E-state index contributed by atoms with van der Waals surface area (Å²) >= 11 is 0. The first-order chi connectivity index (χ1) is 26.2. The van der Waals surface area contributed by atoms with Crippen LogP contribution in [0.3, 0.4) is 0 Å². The number of furan rings is 1. The number of aliphatic imine (C=N–C) groups is 2. The normalized spacial score (nSPS) is 14.2. The van der Waals surface area contributed by atoms with Crippen LogP contribution < -0.4 is 5.32 Å². The standard InChI is InChI=1S/C49H33N3O/c1-3-11-32(12-4-1)34-19-21-35(22-20-34)36-23-26-38(27-24-36)48-50-47(37-14-5-2-6-15-37)51-49(52-48)46-41(40-28-25-33-13-7-8-16-39(33)31-40)29-30-44-45(46)42-17-9-10-18-43(42)53-44/h1-31,48H,(H,50,51,52). The molecule has 0 saturated heterocycles. The van der Waals surface area contributed by atoms with E-state index in [9.17, 15) is 0 Å². The first-order valence-corrected chi connectivity index (χ1v) is 17.9. The maximum absolute atomic E-state index is 6.44. The topological polar surface area (TPSA) is 49.9 Å². The van der Waals surface area contributed by atoms with E-state index in [1.807, 2.05) is 36.4 Å². The number of amidine groups is 2. The van der Waals surface area contributed by atoms with Gasteiger partial charge in [0.2, 0.25) is 0 Å². The summed E-state index contributed by atoms with van der Waals surface area (Å²) in [6.07, 6.45) is -0.370. The summed E-state index contributed by atoms with van der Waals surface area (Å²) < 4.78 is 6.44. The van der Waals surface area contributed by atoms with Gasteiger partial charge in [0.15, 0.2) is 5.84 Å². The van der Waals surface area contributed by atoms with Gasteiger partial charge in [-0.05, 0) is 74.0 Å². The second kappa shape index (κ2) is 12.9. The monoisotopic (exact) mass is 679 g/mol. The van der Waals surface area contributed by atoms with E-state index in [0.717, 1.165) is 61.2 Å². The van der Waals surface area contributed by atoms with Crippen LogP contribution in [0.2, 0.25) is 0 Å². The Balaban J connectivity index is 1.12. The average molecular weight is 680 g/mol. The van der Waals surface area contributed by atoms with Gasteiger partial charge in [0.1, 0.15) is 23.2 Å². The molecule has 4 heteroatoms. The Hall–Kier alpha value is -7.04. The van der Waals surface area contributed by atoms with Gasteiger partial charge in [0.05, 0.1) is 0 Å². The molecule has 250 valence electrons. The Kier molecular flexibility index (Phi) is 7.51. The number of nitrogens with zero attached hydrogens (tertiary/aromatic N) is 2. The van der Waals surface area contributed by atoms with Crippen molar-refractivity contribution >= 4 is 44.4 Å². The number of rotatable bonds is 6. The van der Waals surface area contributed by atoms with Crippen LogP contribution in [0.5, 0.6) is 0 Å². The van der Waals surface area contributed by atoms with Gasteiger partial charge >= 0.3 is 0 Å². The highest BCUT2D eigenvalue weighted by Gasteiger charge is 2.26. The summed E-state index contributed by atoms with van der Waals surface area (Å²) in [5, 5.41) is 8.10. The number of fused-ring (bicyclic) bond motifs is 4. The molecule has 0 spiro atoms. The SMILES string of the molecule is c1ccc(C2=NC(c3c(-c4ccc5ccccc5c4)ccc4oc5ccccc5c34)=NC(c3ccc(-c4ccc(-c5ccccc5)cc4)cc3)N2)cc1. The summed E-state index contributed by atoms with van der Waals surface area (Å²) in [5.41, 5.74) is 11.5. The van der Waals surface area contributed by atoms with Crippen molar-refractivity contribution in [2.75, 3.05) is 0 Å². The third kappa shape index (κ3) is 5.67. The zero-order valence-electron chi connectivity index (χ0n) is 28.8. The van der Waals surface area contributed by atoms with Gasteiger partial charge in [0, 0.05) is 21.9 Å². The molecule has 8 aromatic carbocycles. The van der Waals surface area contributed by atoms with E-state index < -0.39 is 0 Å². The van der Waals surface area contributed by atoms with Gasteiger partial charge in [0.25, 0.3) is 0 Å². The van der Waals surface area contributed by atoms with Gasteiger partial charge in [-0.15, -0.1) is 0 Å². The lowest BCUT2D eigenvalue weighted by Crippen LogP contribution is -2.33. The van der Waals surface area contributed by atoms with E-state index in [2.05, 4.69) is 157 Å². The van der Waals surface area contributed by atoms with Crippen LogP contribution in [0.4, 0.5) is 0 Å². The van der Waals surface area contributed by atoms with Crippen molar-refractivity contribution in [1.82, 2.24) is 5.32 Å². The van der Waals surface area contributed by atoms with Gasteiger partial charge in [-0.3, -0.25) is 0 Å². The fraction of sp³-hybridized carbons (Fsp3) is 0.0204. The van der Waals surface area contributed by atoms with E-state index in [0.29, 0.717) is 5.84 Å². The fourth-order valence-electron chi connectivity index (χ4n) is 7.46. The van der Waals surface area contributed by atoms with Crippen molar-refractivity contribution in [1.29, 1.82) is 0 Å². The molecule has 1 aliphatic rings. The predicted molar refractivity (Wildman–Crippen MR) is 219 cm³/mol. The van der Waals surface area contributed by atoms with Crippen molar-refractivity contribution in [3.8, 4) is 33.4 Å². The van der Waals surface area contributed by atoms with E-state index in [4.69, 9.17) is 14.4 Å². The van der Waals surface area contributed by atoms with Crippen LogP contribution >= 0.6 is 0 Å². The van der Waals surface area contributed by atoms with Crippen molar-refractivity contribution in [3.05, 3.63) is 205 Å². The third-order valence-corrected chi connectivity index (χ3v) is 10.2. The Bertz CT molecular complexity index is 2830. The quantitative estimate of drug-likeness (QED) is 0.190. The van der Waals surface area contributed by atoms with Crippen LogP contribution in [0, 0.1) is 0 Å². The zero-order chi connectivity index (χ0) is 35.1. The Morgan fingerprint density at radius 1 is 0.453 bits per heavy atom. The number of nitrogens with one attached hydrogen (secondary N) is 1. The van der Waals surface area contributed by atoms with Crippen LogP contribution in [0.25, 0.3) is 66.1 Å². The largest absolute Gasteiger partial charge is 0.456 e. The number of hydrogen-bond donors (Lipinski definition) is 1. The molecule has 0 amide bonds. The van der Waals surface area contributed by atoms with Crippen LogP contribution in [0.1, 0.15) is 22.9 Å². The predicted octanol–water partition coefficient (Wildman–Crippen LogP) is 12.2. The third-order valence-electron chi connectivity index (χ3n) is 10.2. The second-order valence-corrected chi connectivity index (χ2v) is 13.4. The van der Waals surface area contributed by atoms with Gasteiger partial charge in [-0.25, -0.2) is 9.98 Å². The van der Waals surface area contributed by atoms with Gasteiger partial charge in [-0.2, -0.15) is 0 Å². The van der Waals surface area contributed by atoms with Crippen LogP contribution in [-0.2, 0) is 0 Å². The smallest absolute Gasteiger partial charge is 0.160 e. The molecule has 53 heavy (non-hydrogen) atoms. The zero-order valence-corrected chi connectivity index (χ0v) is 28.8. The van der Waals surface area contributed by atoms with Gasteiger partial charge < -0.3 is 9.73 Å². The summed E-state index contributed by atoms with van der Waals surface area (Å²) in [7, 11) is 0. The van der Waals surface area contributed by atoms with Crippen molar-refractivity contribution < 1.29 is 4.42 Å². The molecule has 0 fully saturated rings. The second-order valence-electron chi connectivity index (χ2n) is 13.4. The molecule has 0 bridgehead atoms. The molecule has 1 aromatic heterocycles. The minimum Gasteiger partial charge on any atom is -0.456 e. The molecular formula is C49H33N3O. The molecule has 4 nitrogen and oxygen atoms in total. The number of para-hydroxylation sites is 1. The van der Waals surface area contributed by atoms with Crippen LogP contribution in [-0.4, -0.2) is 11.7 Å². The highest BCUT2D eigenvalue weighted by molar-refractivity contribution is 6.24. The molecule has 0 radical (unpaired) electrons. The molecule has 1 unspecified atom stereocenters. The molecule has 1 N–H and O–H groups in total. The molecular weight excluding hydrogens is 647 g/mol. The lowest BCUT2D eigenvalue weighted by atomic mass is 9.92. The minimum atomic E-state index is -0.370.